The topological polar surface area (TPSA) is 88.2 Å². The Hall–Kier alpha value is -1.14. The maximum absolute atomic E-state index is 9.49. The van der Waals surface area contributed by atoms with Crippen LogP contribution in [-0.2, 0) is 0 Å². The van der Waals surface area contributed by atoms with Gasteiger partial charge in [-0.05, 0) is 6.92 Å². The SMILES string of the molecule is CC1(O)CN(c2nnc(Cl)c(N)n2)C1. The zero-order valence-electron chi connectivity index (χ0n) is 7.61. The maximum Gasteiger partial charge on any atom is 0.247 e. The highest BCUT2D eigenvalue weighted by molar-refractivity contribution is 6.31. The van der Waals surface area contributed by atoms with Gasteiger partial charge in [-0.15, -0.1) is 10.2 Å². The standard InChI is InChI=1S/C7H10ClN5O/c1-7(14)2-13(3-7)6-10-5(9)4(8)11-12-6/h14H,2-3H2,1H3,(H2,9,10,12). The molecule has 1 aliphatic heterocycles. The van der Waals surface area contributed by atoms with Gasteiger partial charge >= 0.3 is 0 Å². The first-order valence-corrected chi connectivity index (χ1v) is 4.49. The van der Waals surface area contributed by atoms with Crippen molar-refractivity contribution < 1.29 is 5.11 Å². The number of nitrogens with zero attached hydrogens (tertiary/aromatic N) is 4. The zero-order chi connectivity index (χ0) is 10.3. The van der Waals surface area contributed by atoms with Gasteiger partial charge in [-0.25, -0.2) is 0 Å². The van der Waals surface area contributed by atoms with Gasteiger partial charge in [0.15, 0.2) is 11.0 Å². The van der Waals surface area contributed by atoms with Crippen LogP contribution in [0.15, 0.2) is 0 Å². The predicted octanol–water partition coefficient (Wildman–Crippen LogP) is -0.322. The Kier molecular flexibility index (Phi) is 1.97. The number of aromatic nitrogens is 3. The molecule has 0 saturated carbocycles. The first-order chi connectivity index (χ1) is 6.48. The lowest BCUT2D eigenvalue weighted by atomic mass is 9.98. The molecule has 1 aliphatic rings. The Bertz CT molecular complexity index is 361. The molecule has 1 aromatic rings. The van der Waals surface area contributed by atoms with Crippen molar-refractivity contribution in [3.05, 3.63) is 5.15 Å². The van der Waals surface area contributed by atoms with Crippen molar-refractivity contribution in [1.82, 2.24) is 15.2 Å². The monoisotopic (exact) mass is 215 g/mol. The fourth-order valence-corrected chi connectivity index (χ4v) is 1.45. The van der Waals surface area contributed by atoms with E-state index in [4.69, 9.17) is 17.3 Å². The number of nitrogen functional groups attached to an aromatic ring is 1. The number of aliphatic hydroxyl groups is 1. The summed E-state index contributed by atoms with van der Waals surface area (Å²) in [5.74, 6) is 0.557. The third-order valence-corrected chi connectivity index (χ3v) is 2.27. The number of β-amino-alcohol motifs (C(OH)–C–C–N with tert-alkyl or cyclic N) is 1. The van der Waals surface area contributed by atoms with E-state index in [0.29, 0.717) is 19.0 Å². The van der Waals surface area contributed by atoms with Gasteiger partial charge in [-0.2, -0.15) is 4.98 Å². The molecule has 0 unspecified atom stereocenters. The van der Waals surface area contributed by atoms with E-state index >= 15 is 0 Å². The summed E-state index contributed by atoms with van der Waals surface area (Å²) in [5.41, 5.74) is 4.80. The number of halogens is 1. The van der Waals surface area contributed by atoms with Crippen molar-refractivity contribution in [1.29, 1.82) is 0 Å². The summed E-state index contributed by atoms with van der Waals surface area (Å²) in [4.78, 5) is 5.72. The molecule has 0 aliphatic carbocycles. The van der Waals surface area contributed by atoms with Crippen molar-refractivity contribution in [2.24, 2.45) is 0 Å². The van der Waals surface area contributed by atoms with Crippen molar-refractivity contribution >= 4 is 23.4 Å². The smallest absolute Gasteiger partial charge is 0.247 e. The van der Waals surface area contributed by atoms with Crippen LogP contribution in [0.1, 0.15) is 6.92 Å². The Morgan fingerprint density at radius 3 is 2.64 bits per heavy atom. The van der Waals surface area contributed by atoms with Gasteiger partial charge in [0.1, 0.15) is 0 Å². The first-order valence-electron chi connectivity index (χ1n) is 4.11. The third kappa shape index (κ3) is 1.58. The molecule has 0 amide bonds. The largest absolute Gasteiger partial charge is 0.386 e. The summed E-state index contributed by atoms with van der Waals surface area (Å²) in [6.45, 7) is 2.71. The molecule has 2 rings (SSSR count). The van der Waals surface area contributed by atoms with Crippen LogP contribution in [0, 0.1) is 0 Å². The normalized spacial score (nSPS) is 19.2. The minimum Gasteiger partial charge on any atom is -0.386 e. The zero-order valence-corrected chi connectivity index (χ0v) is 8.36. The Morgan fingerprint density at radius 2 is 2.14 bits per heavy atom. The molecule has 1 fully saturated rings. The van der Waals surface area contributed by atoms with Gasteiger partial charge in [0.05, 0.1) is 18.7 Å². The summed E-state index contributed by atoms with van der Waals surface area (Å²) in [5, 5.41) is 17.0. The number of hydrogen-bond acceptors (Lipinski definition) is 6. The van der Waals surface area contributed by atoms with Crippen LogP contribution in [0.4, 0.5) is 11.8 Å². The third-order valence-electron chi connectivity index (χ3n) is 2.00. The van der Waals surface area contributed by atoms with Crippen molar-refractivity contribution in [3.63, 3.8) is 0 Å². The second kappa shape index (κ2) is 2.93. The highest BCUT2D eigenvalue weighted by Gasteiger charge is 2.38. The molecule has 76 valence electrons. The lowest BCUT2D eigenvalue weighted by Gasteiger charge is -2.43. The second-order valence-corrected chi connectivity index (χ2v) is 4.00. The maximum atomic E-state index is 9.49. The fraction of sp³-hybridized carbons (Fsp3) is 0.571. The predicted molar refractivity (Wildman–Crippen MR) is 52.1 cm³/mol. The van der Waals surface area contributed by atoms with E-state index in [1.807, 2.05) is 0 Å². The van der Waals surface area contributed by atoms with Crippen LogP contribution in [0.3, 0.4) is 0 Å². The second-order valence-electron chi connectivity index (χ2n) is 3.64. The van der Waals surface area contributed by atoms with Crippen LogP contribution < -0.4 is 10.6 Å². The molecule has 0 radical (unpaired) electrons. The van der Waals surface area contributed by atoms with E-state index in [1.165, 1.54) is 0 Å². The van der Waals surface area contributed by atoms with E-state index in [0.717, 1.165) is 0 Å². The Labute approximate surface area is 85.7 Å². The summed E-state index contributed by atoms with van der Waals surface area (Å²) in [6.07, 6.45) is 0. The molecule has 1 aromatic heterocycles. The van der Waals surface area contributed by atoms with E-state index in [-0.39, 0.29) is 11.0 Å². The van der Waals surface area contributed by atoms with Crippen LogP contribution in [0.2, 0.25) is 5.15 Å². The number of hydrogen-bond donors (Lipinski definition) is 2. The van der Waals surface area contributed by atoms with Gasteiger partial charge in [0.25, 0.3) is 0 Å². The quantitative estimate of drug-likeness (QED) is 0.668. The van der Waals surface area contributed by atoms with Crippen LogP contribution in [0.5, 0.6) is 0 Å². The highest BCUT2D eigenvalue weighted by Crippen LogP contribution is 2.25. The molecule has 0 aromatic carbocycles. The van der Waals surface area contributed by atoms with E-state index in [9.17, 15) is 5.11 Å². The summed E-state index contributed by atoms with van der Waals surface area (Å²) in [7, 11) is 0. The molecule has 1 saturated heterocycles. The molecular weight excluding hydrogens is 206 g/mol. The van der Waals surface area contributed by atoms with E-state index in [2.05, 4.69) is 15.2 Å². The Balaban J connectivity index is 2.16. The van der Waals surface area contributed by atoms with Crippen LogP contribution >= 0.6 is 11.6 Å². The van der Waals surface area contributed by atoms with Gasteiger partial charge in [0.2, 0.25) is 5.95 Å². The lowest BCUT2D eigenvalue weighted by Crippen LogP contribution is -2.60. The van der Waals surface area contributed by atoms with Crippen molar-refractivity contribution in [3.8, 4) is 0 Å². The number of anilines is 2. The first kappa shape index (κ1) is 9.42. The minimum atomic E-state index is -0.669. The molecule has 14 heavy (non-hydrogen) atoms. The van der Waals surface area contributed by atoms with Crippen molar-refractivity contribution in [2.75, 3.05) is 23.7 Å². The van der Waals surface area contributed by atoms with Gasteiger partial charge in [0, 0.05) is 0 Å². The summed E-state index contributed by atoms with van der Waals surface area (Å²) >= 11 is 5.57. The molecule has 2 heterocycles. The number of rotatable bonds is 1. The van der Waals surface area contributed by atoms with Crippen molar-refractivity contribution in [2.45, 2.75) is 12.5 Å². The molecule has 0 atom stereocenters. The number of nitrogens with two attached hydrogens (primary N) is 1. The molecule has 3 N–H and O–H groups in total. The van der Waals surface area contributed by atoms with E-state index < -0.39 is 5.60 Å². The lowest BCUT2D eigenvalue weighted by molar-refractivity contribution is 0.0299. The fourth-order valence-electron chi connectivity index (χ4n) is 1.37. The molecule has 0 bridgehead atoms. The van der Waals surface area contributed by atoms with Gasteiger partial charge in [-0.3, -0.25) is 0 Å². The highest BCUT2D eigenvalue weighted by atomic mass is 35.5. The average Bonchev–Trinajstić information content (AvgIpc) is 2.06. The van der Waals surface area contributed by atoms with Crippen LogP contribution in [0.25, 0.3) is 0 Å². The molecular formula is C7H10ClN5O. The molecule has 0 spiro atoms. The van der Waals surface area contributed by atoms with E-state index in [1.54, 1.807) is 11.8 Å². The molecule has 7 heteroatoms. The Morgan fingerprint density at radius 1 is 1.50 bits per heavy atom. The average molecular weight is 216 g/mol. The molecule has 6 nitrogen and oxygen atoms in total. The van der Waals surface area contributed by atoms with Crippen LogP contribution in [-0.4, -0.2) is 39.0 Å². The minimum absolute atomic E-state index is 0.0982. The summed E-state index contributed by atoms with van der Waals surface area (Å²) in [6, 6.07) is 0. The van der Waals surface area contributed by atoms with Gasteiger partial charge < -0.3 is 15.7 Å². The summed E-state index contributed by atoms with van der Waals surface area (Å²) < 4.78 is 0. The van der Waals surface area contributed by atoms with Gasteiger partial charge in [-0.1, -0.05) is 11.6 Å².